The highest BCUT2D eigenvalue weighted by atomic mass is 35.5. The molecule has 0 radical (unpaired) electrons. The first-order chi connectivity index (χ1) is 14.2. The summed E-state index contributed by atoms with van der Waals surface area (Å²) >= 11 is 5.80. The van der Waals surface area contributed by atoms with Gasteiger partial charge in [0.15, 0.2) is 0 Å². The van der Waals surface area contributed by atoms with Crippen molar-refractivity contribution in [2.75, 3.05) is 11.4 Å². The van der Waals surface area contributed by atoms with Crippen molar-refractivity contribution in [1.29, 1.82) is 0 Å². The van der Waals surface area contributed by atoms with E-state index in [1.807, 2.05) is 0 Å². The number of hydrogen-bond donors (Lipinski definition) is 0. The van der Waals surface area contributed by atoms with Crippen molar-refractivity contribution in [2.24, 2.45) is 0 Å². The molecule has 0 bridgehead atoms. The number of nitro benzene ring substituents is 1. The quantitative estimate of drug-likeness (QED) is 0.242. The average Bonchev–Trinajstić information content (AvgIpc) is 2.74. The molecule has 0 saturated carbocycles. The molecule has 0 atom stereocenters. The van der Waals surface area contributed by atoms with Crippen LogP contribution in [0.25, 0.3) is 0 Å². The number of sulfonamides is 1. The Hall–Kier alpha value is -3.43. The van der Waals surface area contributed by atoms with Crippen LogP contribution in [0.1, 0.15) is 10.4 Å². The molecule has 0 saturated heterocycles. The molecule has 8 nitrogen and oxygen atoms in total. The fraction of sp³-hybridized carbons (Fsp3) is 0.0500. The van der Waals surface area contributed by atoms with Gasteiger partial charge in [-0.05, 0) is 60.7 Å². The van der Waals surface area contributed by atoms with Crippen LogP contribution in [-0.4, -0.2) is 26.4 Å². The van der Waals surface area contributed by atoms with Crippen molar-refractivity contribution in [3.05, 3.63) is 93.5 Å². The summed E-state index contributed by atoms with van der Waals surface area (Å²) in [4.78, 5) is 22.4. The van der Waals surface area contributed by atoms with Crippen LogP contribution in [0.15, 0.2) is 77.7 Å². The molecule has 0 amide bonds. The number of carbonyl (C=O) groups excluding carboxylic acids is 1. The Morgan fingerprint density at radius 3 is 2.07 bits per heavy atom. The summed E-state index contributed by atoms with van der Waals surface area (Å²) in [5, 5.41) is 11.1. The third-order valence-corrected chi connectivity index (χ3v) is 6.25. The van der Waals surface area contributed by atoms with Gasteiger partial charge in [-0.25, -0.2) is 13.2 Å². The van der Waals surface area contributed by atoms with Crippen LogP contribution in [0.2, 0.25) is 5.02 Å². The van der Waals surface area contributed by atoms with Gasteiger partial charge in [-0.2, -0.15) is 0 Å². The van der Waals surface area contributed by atoms with Crippen molar-refractivity contribution in [2.45, 2.75) is 4.90 Å². The number of nitro groups is 1. The van der Waals surface area contributed by atoms with Crippen LogP contribution in [0.4, 0.5) is 11.4 Å². The Morgan fingerprint density at radius 2 is 1.53 bits per heavy atom. The van der Waals surface area contributed by atoms with Crippen LogP contribution < -0.4 is 9.04 Å². The molecule has 0 aromatic heterocycles. The van der Waals surface area contributed by atoms with Crippen molar-refractivity contribution >= 4 is 39.0 Å². The molecule has 3 aromatic rings. The summed E-state index contributed by atoms with van der Waals surface area (Å²) in [5.74, 6) is -0.501. The second kappa shape index (κ2) is 8.52. The number of rotatable bonds is 6. The fourth-order valence-electron chi connectivity index (χ4n) is 2.51. The zero-order valence-corrected chi connectivity index (χ0v) is 17.1. The Bertz CT molecular complexity index is 1180. The van der Waals surface area contributed by atoms with Gasteiger partial charge in [-0.1, -0.05) is 11.6 Å². The first-order valence-electron chi connectivity index (χ1n) is 8.50. The number of esters is 1. The number of anilines is 1. The van der Waals surface area contributed by atoms with Gasteiger partial charge in [-0.15, -0.1) is 0 Å². The molecular weight excluding hydrogens is 432 g/mol. The molecule has 0 aliphatic carbocycles. The maximum Gasteiger partial charge on any atom is 0.343 e. The second-order valence-electron chi connectivity index (χ2n) is 6.11. The van der Waals surface area contributed by atoms with E-state index in [2.05, 4.69) is 0 Å². The summed E-state index contributed by atoms with van der Waals surface area (Å²) in [6.07, 6.45) is 0. The average molecular weight is 447 g/mol. The predicted octanol–water partition coefficient (Wildman–Crippen LogP) is 4.29. The van der Waals surface area contributed by atoms with Gasteiger partial charge in [0.2, 0.25) is 0 Å². The summed E-state index contributed by atoms with van der Waals surface area (Å²) in [7, 11) is -2.38. The Kier molecular flexibility index (Phi) is 6.04. The topological polar surface area (TPSA) is 107 Å². The van der Waals surface area contributed by atoms with Crippen molar-refractivity contribution in [1.82, 2.24) is 0 Å². The number of benzene rings is 3. The van der Waals surface area contributed by atoms with Gasteiger partial charge in [0.25, 0.3) is 15.7 Å². The fourth-order valence-corrected chi connectivity index (χ4v) is 3.83. The van der Waals surface area contributed by atoms with E-state index >= 15 is 0 Å². The molecule has 0 unspecified atom stereocenters. The van der Waals surface area contributed by atoms with Crippen LogP contribution in [-0.2, 0) is 10.0 Å². The van der Waals surface area contributed by atoms with Crippen LogP contribution in [0, 0.1) is 10.1 Å². The van der Waals surface area contributed by atoms with Crippen molar-refractivity contribution < 1.29 is 22.9 Å². The predicted molar refractivity (Wildman–Crippen MR) is 112 cm³/mol. The lowest BCUT2D eigenvalue weighted by molar-refractivity contribution is -0.384. The second-order valence-corrected chi connectivity index (χ2v) is 8.52. The molecular formula is C20H15ClN2O6S. The molecule has 0 N–H and O–H groups in total. The lowest BCUT2D eigenvalue weighted by Crippen LogP contribution is -2.26. The smallest absolute Gasteiger partial charge is 0.343 e. The number of non-ortho nitro benzene ring substituents is 1. The van der Waals surface area contributed by atoms with Crippen LogP contribution in [0.3, 0.4) is 0 Å². The van der Waals surface area contributed by atoms with E-state index in [-0.39, 0.29) is 21.9 Å². The largest absolute Gasteiger partial charge is 0.423 e. The molecule has 0 heterocycles. The number of halogens is 1. The lowest BCUT2D eigenvalue weighted by atomic mass is 10.2. The van der Waals surface area contributed by atoms with Crippen LogP contribution in [0.5, 0.6) is 5.75 Å². The van der Waals surface area contributed by atoms with E-state index in [1.54, 1.807) is 0 Å². The number of ether oxygens (including phenoxy) is 1. The normalized spacial score (nSPS) is 11.0. The van der Waals surface area contributed by atoms with Gasteiger partial charge in [-0.3, -0.25) is 14.4 Å². The third kappa shape index (κ3) is 4.58. The SMILES string of the molecule is CN(c1ccc(OC(=O)c2ccc([N+](=O)[O-])cc2)cc1)S(=O)(=O)c1ccc(Cl)cc1. The number of nitrogens with zero attached hydrogens (tertiary/aromatic N) is 2. The van der Waals surface area contributed by atoms with E-state index in [1.165, 1.54) is 79.8 Å². The summed E-state index contributed by atoms with van der Waals surface area (Å²) in [6, 6.07) is 16.7. The minimum atomic E-state index is -3.79. The van der Waals surface area contributed by atoms with E-state index in [0.29, 0.717) is 10.7 Å². The summed E-state index contributed by atoms with van der Waals surface area (Å²) < 4.78 is 31.8. The molecule has 3 rings (SSSR count). The first-order valence-corrected chi connectivity index (χ1v) is 10.3. The summed E-state index contributed by atoms with van der Waals surface area (Å²) in [5.41, 5.74) is 0.369. The molecule has 0 spiro atoms. The minimum Gasteiger partial charge on any atom is -0.423 e. The number of hydrogen-bond acceptors (Lipinski definition) is 6. The first kappa shape index (κ1) is 21.3. The highest BCUT2D eigenvalue weighted by Gasteiger charge is 2.21. The summed E-state index contributed by atoms with van der Waals surface area (Å²) in [6.45, 7) is 0. The Balaban J connectivity index is 1.73. The van der Waals surface area contributed by atoms with Gasteiger partial charge < -0.3 is 4.74 Å². The van der Waals surface area contributed by atoms with E-state index in [9.17, 15) is 23.3 Å². The van der Waals surface area contributed by atoms with Crippen molar-refractivity contribution in [3.8, 4) is 5.75 Å². The molecule has 0 fully saturated rings. The molecule has 154 valence electrons. The zero-order chi connectivity index (χ0) is 21.9. The number of carbonyl (C=O) groups is 1. The van der Waals surface area contributed by atoms with Crippen molar-refractivity contribution in [3.63, 3.8) is 0 Å². The van der Waals surface area contributed by atoms with Gasteiger partial charge in [0.1, 0.15) is 5.75 Å². The maximum absolute atomic E-state index is 12.7. The third-order valence-electron chi connectivity index (χ3n) is 4.20. The van der Waals surface area contributed by atoms with E-state index in [0.717, 1.165) is 4.31 Å². The monoisotopic (exact) mass is 446 g/mol. The van der Waals surface area contributed by atoms with Gasteiger partial charge in [0.05, 0.1) is 21.1 Å². The molecule has 30 heavy (non-hydrogen) atoms. The Labute approximate surface area is 177 Å². The molecule has 0 aliphatic rings. The molecule has 3 aromatic carbocycles. The van der Waals surface area contributed by atoms with E-state index in [4.69, 9.17) is 16.3 Å². The lowest BCUT2D eigenvalue weighted by Gasteiger charge is -2.19. The minimum absolute atomic E-state index is 0.0862. The zero-order valence-electron chi connectivity index (χ0n) is 15.6. The van der Waals surface area contributed by atoms with Crippen LogP contribution >= 0.6 is 11.6 Å². The maximum atomic E-state index is 12.7. The van der Waals surface area contributed by atoms with E-state index < -0.39 is 20.9 Å². The van der Waals surface area contributed by atoms with Gasteiger partial charge in [0, 0.05) is 24.2 Å². The molecule has 10 heteroatoms. The highest BCUT2D eigenvalue weighted by molar-refractivity contribution is 7.92. The Morgan fingerprint density at radius 1 is 0.967 bits per heavy atom. The van der Waals surface area contributed by atoms with Gasteiger partial charge >= 0.3 is 5.97 Å². The standard InChI is InChI=1S/C20H15ClN2O6S/c1-22(30(27,28)19-12-4-15(21)5-13-19)16-8-10-18(11-9-16)29-20(24)14-2-6-17(7-3-14)23(25)26/h2-13H,1H3. The highest BCUT2D eigenvalue weighted by Crippen LogP contribution is 2.25. The molecule has 0 aliphatic heterocycles.